The van der Waals surface area contributed by atoms with Gasteiger partial charge in [0.25, 0.3) is 5.56 Å². The Morgan fingerprint density at radius 3 is 2.65 bits per heavy atom. The van der Waals surface area contributed by atoms with E-state index in [0.717, 1.165) is 11.8 Å². The Morgan fingerprint density at radius 1 is 1.19 bits per heavy atom. The molecular formula is C18H13ClFN3O2S. The molecule has 0 aliphatic carbocycles. The molecule has 3 aromatic rings. The first-order valence-electron chi connectivity index (χ1n) is 7.55. The lowest BCUT2D eigenvalue weighted by atomic mass is 10.3. The molecule has 1 N–H and O–H groups in total. The largest absolute Gasteiger partial charge is 0.323 e. The summed E-state index contributed by atoms with van der Waals surface area (Å²) in [6, 6.07) is 12.7. The second-order valence-corrected chi connectivity index (χ2v) is 6.60. The van der Waals surface area contributed by atoms with Crippen molar-refractivity contribution in [1.29, 1.82) is 0 Å². The Labute approximate surface area is 157 Å². The standard InChI is InChI=1S/C18H13ClFN3O2S/c19-12-5-7-13(8-6-12)23-10-9-21-17(18(23)25)26-11-16(24)22-15-4-2-1-3-14(15)20/h1-10H,11H2,(H,22,24). The van der Waals surface area contributed by atoms with Gasteiger partial charge in [-0.3, -0.25) is 14.2 Å². The molecule has 0 saturated heterocycles. The van der Waals surface area contributed by atoms with Gasteiger partial charge in [0.1, 0.15) is 5.82 Å². The summed E-state index contributed by atoms with van der Waals surface area (Å²) in [6.07, 6.45) is 3.02. The number of amides is 1. The van der Waals surface area contributed by atoms with Crippen LogP contribution in [0.2, 0.25) is 5.02 Å². The minimum absolute atomic E-state index is 0.0682. The van der Waals surface area contributed by atoms with Crippen molar-refractivity contribution < 1.29 is 9.18 Å². The number of benzene rings is 2. The number of nitrogens with one attached hydrogen (secondary N) is 1. The van der Waals surface area contributed by atoms with E-state index in [0.29, 0.717) is 10.7 Å². The number of anilines is 1. The Bertz CT molecular complexity index is 992. The number of hydrogen-bond donors (Lipinski definition) is 1. The minimum atomic E-state index is -0.520. The zero-order valence-corrected chi connectivity index (χ0v) is 14.9. The van der Waals surface area contributed by atoms with Crippen molar-refractivity contribution in [3.8, 4) is 5.69 Å². The molecule has 8 heteroatoms. The zero-order chi connectivity index (χ0) is 18.5. The Kier molecular flexibility index (Phi) is 5.70. The van der Waals surface area contributed by atoms with Gasteiger partial charge >= 0.3 is 0 Å². The molecule has 0 aliphatic rings. The Hall–Kier alpha value is -2.64. The second kappa shape index (κ2) is 8.16. The van der Waals surface area contributed by atoms with E-state index in [-0.39, 0.29) is 22.0 Å². The van der Waals surface area contributed by atoms with E-state index in [1.165, 1.54) is 35.2 Å². The normalized spacial score (nSPS) is 10.5. The topological polar surface area (TPSA) is 64.0 Å². The first-order chi connectivity index (χ1) is 12.5. The van der Waals surface area contributed by atoms with Crippen LogP contribution in [0.3, 0.4) is 0 Å². The third-order valence-electron chi connectivity index (χ3n) is 3.40. The summed E-state index contributed by atoms with van der Waals surface area (Å²) in [6.45, 7) is 0. The summed E-state index contributed by atoms with van der Waals surface area (Å²) in [5, 5.41) is 3.20. The number of rotatable bonds is 5. The van der Waals surface area contributed by atoms with E-state index >= 15 is 0 Å². The monoisotopic (exact) mass is 389 g/mol. The molecular weight excluding hydrogens is 377 g/mol. The van der Waals surface area contributed by atoms with Crippen molar-refractivity contribution in [3.63, 3.8) is 0 Å². The summed E-state index contributed by atoms with van der Waals surface area (Å²) in [5.74, 6) is -1.02. The van der Waals surface area contributed by atoms with Crippen LogP contribution in [0.25, 0.3) is 5.69 Å². The van der Waals surface area contributed by atoms with E-state index in [2.05, 4.69) is 10.3 Å². The van der Waals surface area contributed by atoms with Gasteiger partial charge in [0.2, 0.25) is 5.91 Å². The van der Waals surface area contributed by atoms with Crippen LogP contribution >= 0.6 is 23.4 Å². The number of halogens is 2. The van der Waals surface area contributed by atoms with Gasteiger partial charge in [0, 0.05) is 23.1 Å². The molecule has 132 valence electrons. The summed E-state index contributed by atoms with van der Waals surface area (Å²) >= 11 is 6.84. The quantitative estimate of drug-likeness (QED) is 0.675. The summed E-state index contributed by atoms with van der Waals surface area (Å²) in [4.78, 5) is 28.6. The number of para-hydroxylation sites is 1. The van der Waals surface area contributed by atoms with Crippen LogP contribution in [0.1, 0.15) is 0 Å². The highest BCUT2D eigenvalue weighted by molar-refractivity contribution is 7.99. The van der Waals surface area contributed by atoms with E-state index in [1.807, 2.05) is 0 Å². The van der Waals surface area contributed by atoms with Crippen LogP contribution < -0.4 is 10.9 Å². The lowest BCUT2D eigenvalue weighted by Crippen LogP contribution is -2.22. The van der Waals surface area contributed by atoms with Crippen LogP contribution in [0.15, 0.2) is 70.7 Å². The molecule has 0 aliphatic heterocycles. The maximum Gasteiger partial charge on any atom is 0.287 e. The summed E-state index contributed by atoms with van der Waals surface area (Å²) < 4.78 is 15.0. The molecule has 0 unspecified atom stereocenters. The molecule has 0 spiro atoms. The van der Waals surface area contributed by atoms with E-state index < -0.39 is 11.7 Å². The first-order valence-corrected chi connectivity index (χ1v) is 8.92. The second-order valence-electron chi connectivity index (χ2n) is 5.20. The molecule has 1 aromatic heterocycles. The SMILES string of the molecule is O=C(CSc1nccn(-c2ccc(Cl)cc2)c1=O)Nc1ccccc1F. The van der Waals surface area contributed by atoms with Crippen molar-refractivity contribution in [3.05, 3.63) is 82.1 Å². The fourth-order valence-electron chi connectivity index (χ4n) is 2.18. The van der Waals surface area contributed by atoms with E-state index in [4.69, 9.17) is 11.6 Å². The van der Waals surface area contributed by atoms with Crippen LogP contribution in [0.5, 0.6) is 0 Å². The molecule has 5 nitrogen and oxygen atoms in total. The molecule has 0 radical (unpaired) electrons. The lowest BCUT2D eigenvalue weighted by Gasteiger charge is -2.08. The number of carbonyl (C=O) groups excluding carboxylic acids is 1. The number of aromatic nitrogens is 2. The highest BCUT2D eigenvalue weighted by Crippen LogP contribution is 2.16. The Balaban J connectivity index is 1.71. The summed E-state index contributed by atoms with van der Waals surface area (Å²) in [5.41, 5.74) is 0.385. The van der Waals surface area contributed by atoms with Gasteiger partial charge in [-0.2, -0.15) is 0 Å². The molecule has 2 aromatic carbocycles. The first kappa shape index (κ1) is 18.2. The van der Waals surface area contributed by atoms with Gasteiger partial charge in [-0.15, -0.1) is 0 Å². The zero-order valence-electron chi connectivity index (χ0n) is 13.4. The third-order valence-corrected chi connectivity index (χ3v) is 4.61. The van der Waals surface area contributed by atoms with E-state index in [1.54, 1.807) is 30.3 Å². The lowest BCUT2D eigenvalue weighted by molar-refractivity contribution is -0.113. The van der Waals surface area contributed by atoms with Crippen molar-refractivity contribution in [2.24, 2.45) is 0 Å². The molecule has 1 amide bonds. The van der Waals surface area contributed by atoms with Crippen molar-refractivity contribution >= 4 is 35.0 Å². The molecule has 0 atom stereocenters. The average Bonchev–Trinajstić information content (AvgIpc) is 2.64. The third kappa shape index (κ3) is 4.30. The number of hydrogen-bond acceptors (Lipinski definition) is 4. The fourth-order valence-corrected chi connectivity index (χ4v) is 3.00. The van der Waals surface area contributed by atoms with Crippen molar-refractivity contribution in [2.45, 2.75) is 5.03 Å². The van der Waals surface area contributed by atoms with Crippen LogP contribution in [-0.4, -0.2) is 21.2 Å². The van der Waals surface area contributed by atoms with Crippen molar-refractivity contribution in [1.82, 2.24) is 9.55 Å². The highest BCUT2D eigenvalue weighted by atomic mass is 35.5. The molecule has 3 rings (SSSR count). The van der Waals surface area contributed by atoms with Gasteiger partial charge in [-0.25, -0.2) is 9.37 Å². The highest BCUT2D eigenvalue weighted by Gasteiger charge is 2.11. The minimum Gasteiger partial charge on any atom is -0.323 e. The Morgan fingerprint density at radius 2 is 1.92 bits per heavy atom. The van der Waals surface area contributed by atoms with Gasteiger partial charge < -0.3 is 5.32 Å². The maximum absolute atomic E-state index is 13.5. The van der Waals surface area contributed by atoms with Gasteiger partial charge in [0.05, 0.1) is 11.4 Å². The van der Waals surface area contributed by atoms with E-state index in [9.17, 15) is 14.0 Å². The predicted octanol–water partition coefficient (Wildman–Crippen LogP) is 3.76. The van der Waals surface area contributed by atoms with Crippen LogP contribution in [0, 0.1) is 5.82 Å². The fraction of sp³-hybridized carbons (Fsp3) is 0.0556. The number of nitrogens with zero attached hydrogens (tertiary/aromatic N) is 2. The molecule has 0 saturated carbocycles. The van der Waals surface area contributed by atoms with Gasteiger partial charge in [0.15, 0.2) is 5.03 Å². The van der Waals surface area contributed by atoms with Crippen molar-refractivity contribution in [2.75, 3.05) is 11.1 Å². The molecule has 0 fully saturated rings. The van der Waals surface area contributed by atoms with Gasteiger partial charge in [-0.1, -0.05) is 35.5 Å². The molecule has 1 heterocycles. The molecule has 26 heavy (non-hydrogen) atoms. The van der Waals surface area contributed by atoms with Crippen LogP contribution in [0.4, 0.5) is 10.1 Å². The maximum atomic E-state index is 13.5. The van der Waals surface area contributed by atoms with Gasteiger partial charge in [-0.05, 0) is 36.4 Å². The summed E-state index contributed by atoms with van der Waals surface area (Å²) in [7, 11) is 0. The molecule has 0 bridgehead atoms. The number of carbonyl (C=O) groups is 1. The van der Waals surface area contributed by atoms with Crippen LogP contribution in [-0.2, 0) is 4.79 Å². The number of thioether (sulfide) groups is 1. The average molecular weight is 390 g/mol. The smallest absolute Gasteiger partial charge is 0.287 e. The predicted molar refractivity (Wildman–Crippen MR) is 101 cm³/mol.